The third-order valence-electron chi connectivity index (χ3n) is 3.59. The minimum atomic E-state index is -0.0738. The number of hydrogen-bond acceptors (Lipinski definition) is 3. The maximum Gasteiger partial charge on any atom is 0.227 e. The predicted octanol–water partition coefficient (Wildman–Crippen LogP) is 4.42. The Bertz CT molecular complexity index is 795. The molecule has 4 heteroatoms. The van der Waals surface area contributed by atoms with Crippen molar-refractivity contribution in [2.45, 2.75) is 20.3 Å². The molecule has 0 radical (unpaired) electrons. The van der Waals surface area contributed by atoms with E-state index in [0.717, 1.165) is 27.3 Å². The van der Waals surface area contributed by atoms with Gasteiger partial charge in [0, 0.05) is 11.6 Å². The van der Waals surface area contributed by atoms with E-state index in [-0.39, 0.29) is 11.8 Å². The molecule has 2 aromatic carbocycles. The largest absolute Gasteiger partial charge is 0.326 e. The Morgan fingerprint density at radius 2 is 2.00 bits per heavy atom. The lowest BCUT2D eigenvalue weighted by Gasteiger charge is -2.12. The molecule has 1 amide bonds. The minimum Gasteiger partial charge on any atom is -0.326 e. The number of rotatable bonds is 4. The van der Waals surface area contributed by atoms with Gasteiger partial charge in [-0.3, -0.25) is 4.79 Å². The molecule has 22 heavy (non-hydrogen) atoms. The van der Waals surface area contributed by atoms with Gasteiger partial charge < -0.3 is 5.32 Å². The third-order valence-corrected chi connectivity index (χ3v) is 4.55. The van der Waals surface area contributed by atoms with E-state index in [0.29, 0.717) is 0 Å². The topological polar surface area (TPSA) is 42.0 Å². The Morgan fingerprint density at radius 1 is 1.23 bits per heavy atom. The van der Waals surface area contributed by atoms with Crippen molar-refractivity contribution < 1.29 is 4.79 Å². The van der Waals surface area contributed by atoms with Gasteiger partial charge in [0.15, 0.2) is 0 Å². The average Bonchev–Trinajstić information content (AvgIpc) is 2.87. The predicted molar refractivity (Wildman–Crippen MR) is 92.3 cm³/mol. The lowest BCUT2D eigenvalue weighted by molar-refractivity contribution is -0.119. The summed E-state index contributed by atoms with van der Waals surface area (Å²) in [5.74, 6) is -0.0366. The van der Waals surface area contributed by atoms with Crippen LogP contribution < -0.4 is 5.32 Å². The summed E-state index contributed by atoms with van der Waals surface area (Å²) in [6, 6.07) is 16.0. The van der Waals surface area contributed by atoms with Crippen LogP contribution in [0.1, 0.15) is 17.5 Å². The monoisotopic (exact) mass is 310 g/mol. The second-order valence-corrected chi connectivity index (χ2v) is 6.73. The van der Waals surface area contributed by atoms with Gasteiger partial charge in [0.05, 0.1) is 15.2 Å². The summed E-state index contributed by atoms with van der Waals surface area (Å²) in [6.07, 6.45) is 0.741. The van der Waals surface area contributed by atoms with Crippen molar-refractivity contribution in [3.05, 3.63) is 59.1 Å². The first-order valence-electron chi connectivity index (χ1n) is 7.34. The van der Waals surface area contributed by atoms with Crippen molar-refractivity contribution in [2.75, 3.05) is 5.32 Å². The standard InChI is InChI=1S/C18H18N2OS/c1-12(10-14-6-4-3-5-7-14)18(21)20-15-8-9-17-16(11-15)19-13(2)22-17/h3-9,11-12H,10H2,1-2H3,(H,20,21)/t12-/m0/s1. The van der Waals surface area contributed by atoms with Crippen LogP contribution in [0.15, 0.2) is 48.5 Å². The van der Waals surface area contributed by atoms with Crippen molar-refractivity contribution in [2.24, 2.45) is 5.92 Å². The molecule has 0 aliphatic carbocycles. The van der Waals surface area contributed by atoms with Crippen LogP contribution in [-0.2, 0) is 11.2 Å². The van der Waals surface area contributed by atoms with Crippen LogP contribution in [-0.4, -0.2) is 10.9 Å². The number of carbonyl (C=O) groups excluding carboxylic acids is 1. The van der Waals surface area contributed by atoms with E-state index in [1.54, 1.807) is 11.3 Å². The number of amides is 1. The zero-order chi connectivity index (χ0) is 15.5. The summed E-state index contributed by atoms with van der Waals surface area (Å²) in [6.45, 7) is 3.94. The number of aromatic nitrogens is 1. The quantitative estimate of drug-likeness (QED) is 0.775. The fourth-order valence-electron chi connectivity index (χ4n) is 2.45. The van der Waals surface area contributed by atoms with E-state index in [1.165, 1.54) is 5.56 Å². The molecule has 0 aliphatic rings. The molecule has 1 N–H and O–H groups in total. The molecule has 0 saturated carbocycles. The number of aryl methyl sites for hydroxylation is 1. The number of fused-ring (bicyclic) bond motifs is 1. The van der Waals surface area contributed by atoms with E-state index in [4.69, 9.17) is 0 Å². The third kappa shape index (κ3) is 3.34. The molecule has 0 saturated heterocycles. The molecule has 1 heterocycles. The first-order chi connectivity index (χ1) is 10.6. The van der Waals surface area contributed by atoms with Gasteiger partial charge in [0.1, 0.15) is 0 Å². The fourth-order valence-corrected chi connectivity index (χ4v) is 3.25. The summed E-state index contributed by atoms with van der Waals surface area (Å²) in [5.41, 5.74) is 2.93. The number of nitrogens with zero attached hydrogens (tertiary/aromatic N) is 1. The van der Waals surface area contributed by atoms with Crippen LogP contribution in [0, 0.1) is 12.8 Å². The molecule has 0 bridgehead atoms. The van der Waals surface area contributed by atoms with Crippen molar-refractivity contribution in [3.8, 4) is 0 Å². The van der Waals surface area contributed by atoms with Gasteiger partial charge in [-0.1, -0.05) is 37.3 Å². The van der Waals surface area contributed by atoms with Gasteiger partial charge in [-0.15, -0.1) is 11.3 Å². The van der Waals surface area contributed by atoms with Gasteiger partial charge in [0.25, 0.3) is 0 Å². The Labute approximate surface area is 134 Å². The van der Waals surface area contributed by atoms with Crippen molar-refractivity contribution in [1.82, 2.24) is 4.98 Å². The lowest BCUT2D eigenvalue weighted by atomic mass is 10.0. The lowest BCUT2D eigenvalue weighted by Crippen LogP contribution is -2.22. The smallest absolute Gasteiger partial charge is 0.227 e. The van der Waals surface area contributed by atoms with Gasteiger partial charge in [-0.05, 0) is 37.1 Å². The number of carbonyl (C=O) groups is 1. The van der Waals surface area contributed by atoms with Crippen LogP contribution in [0.5, 0.6) is 0 Å². The molecule has 3 nitrogen and oxygen atoms in total. The molecule has 3 aromatic rings. The van der Waals surface area contributed by atoms with Gasteiger partial charge in [-0.25, -0.2) is 4.98 Å². The van der Waals surface area contributed by atoms with Crippen LogP contribution in [0.4, 0.5) is 5.69 Å². The van der Waals surface area contributed by atoms with Crippen LogP contribution >= 0.6 is 11.3 Å². The first-order valence-corrected chi connectivity index (χ1v) is 8.15. The molecule has 0 spiro atoms. The van der Waals surface area contributed by atoms with Crippen LogP contribution in [0.25, 0.3) is 10.2 Å². The summed E-state index contributed by atoms with van der Waals surface area (Å²) in [4.78, 5) is 16.8. The fraction of sp³-hybridized carbons (Fsp3) is 0.222. The maximum absolute atomic E-state index is 12.3. The highest BCUT2D eigenvalue weighted by molar-refractivity contribution is 7.18. The van der Waals surface area contributed by atoms with E-state index in [1.807, 2.05) is 62.4 Å². The zero-order valence-electron chi connectivity index (χ0n) is 12.7. The van der Waals surface area contributed by atoms with E-state index in [2.05, 4.69) is 10.3 Å². The van der Waals surface area contributed by atoms with Crippen LogP contribution in [0.2, 0.25) is 0 Å². The molecule has 1 aromatic heterocycles. The van der Waals surface area contributed by atoms with E-state index >= 15 is 0 Å². The molecule has 0 aliphatic heterocycles. The molecular formula is C18H18N2OS. The molecular weight excluding hydrogens is 292 g/mol. The number of anilines is 1. The molecule has 0 fully saturated rings. The summed E-state index contributed by atoms with van der Waals surface area (Å²) >= 11 is 1.66. The van der Waals surface area contributed by atoms with E-state index < -0.39 is 0 Å². The van der Waals surface area contributed by atoms with Crippen molar-refractivity contribution >= 4 is 33.1 Å². The Kier molecular flexibility index (Phi) is 4.20. The molecule has 0 unspecified atom stereocenters. The molecule has 3 rings (SSSR count). The SMILES string of the molecule is Cc1nc2cc(NC(=O)[C@@H](C)Cc3ccccc3)ccc2s1. The van der Waals surface area contributed by atoms with Gasteiger partial charge in [-0.2, -0.15) is 0 Å². The number of thiazole rings is 1. The van der Waals surface area contributed by atoms with Crippen molar-refractivity contribution in [3.63, 3.8) is 0 Å². The Morgan fingerprint density at radius 3 is 2.77 bits per heavy atom. The average molecular weight is 310 g/mol. The highest BCUT2D eigenvalue weighted by Crippen LogP contribution is 2.24. The normalized spacial score (nSPS) is 12.3. The maximum atomic E-state index is 12.3. The number of nitrogens with one attached hydrogen (secondary N) is 1. The first kappa shape index (κ1) is 14.7. The van der Waals surface area contributed by atoms with Crippen molar-refractivity contribution in [1.29, 1.82) is 0 Å². The number of hydrogen-bond donors (Lipinski definition) is 1. The summed E-state index contributed by atoms with van der Waals surface area (Å²) < 4.78 is 1.15. The number of benzene rings is 2. The zero-order valence-corrected chi connectivity index (χ0v) is 13.5. The Balaban J connectivity index is 1.69. The summed E-state index contributed by atoms with van der Waals surface area (Å²) in [7, 11) is 0. The minimum absolute atomic E-state index is 0.0372. The summed E-state index contributed by atoms with van der Waals surface area (Å²) in [5, 5.41) is 4.03. The van der Waals surface area contributed by atoms with Gasteiger partial charge >= 0.3 is 0 Å². The van der Waals surface area contributed by atoms with Gasteiger partial charge in [0.2, 0.25) is 5.91 Å². The second-order valence-electron chi connectivity index (χ2n) is 5.50. The molecule has 1 atom stereocenters. The highest BCUT2D eigenvalue weighted by atomic mass is 32.1. The second kappa shape index (κ2) is 6.28. The Hall–Kier alpha value is -2.20. The van der Waals surface area contributed by atoms with Crippen LogP contribution in [0.3, 0.4) is 0 Å². The molecule has 112 valence electrons. The highest BCUT2D eigenvalue weighted by Gasteiger charge is 2.14. The van der Waals surface area contributed by atoms with E-state index in [9.17, 15) is 4.79 Å².